The standard InChI is InChI=1S/C15H19N3O5/c16-18-14(20)13(19)17-10-3-7-12(8-4-10)23-11-5-1-9(2-6-11)15(21)22/h3-4,7-9,11H,1-2,5-6,16H2,(H,17,19)(H,18,20)(H,21,22)/t9-,11+. The minimum absolute atomic E-state index is 0.00550. The summed E-state index contributed by atoms with van der Waals surface area (Å²) in [4.78, 5) is 33.3. The van der Waals surface area contributed by atoms with Crippen LogP contribution >= 0.6 is 0 Å². The lowest BCUT2D eigenvalue weighted by Crippen LogP contribution is -2.39. The quantitative estimate of drug-likeness (QED) is 0.278. The average Bonchev–Trinajstić information content (AvgIpc) is 2.56. The third kappa shape index (κ3) is 4.68. The van der Waals surface area contributed by atoms with Gasteiger partial charge in [0.05, 0.1) is 12.0 Å². The van der Waals surface area contributed by atoms with E-state index in [0.29, 0.717) is 37.1 Å². The van der Waals surface area contributed by atoms with E-state index < -0.39 is 17.8 Å². The number of amides is 2. The normalized spacial score (nSPS) is 20.4. The van der Waals surface area contributed by atoms with Gasteiger partial charge in [-0.15, -0.1) is 0 Å². The van der Waals surface area contributed by atoms with E-state index in [9.17, 15) is 14.4 Å². The van der Waals surface area contributed by atoms with Gasteiger partial charge in [0.1, 0.15) is 5.75 Å². The van der Waals surface area contributed by atoms with Crippen LogP contribution in [0.3, 0.4) is 0 Å². The monoisotopic (exact) mass is 321 g/mol. The lowest BCUT2D eigenvalue weighted by atomic mass is 9.87. The van der Waals surface area contributed by atoms with E-state index in [-0.39, 0.29) is 12.0 Å². The van der Waals surface area contributed by atoms with Crippen molar-refractivity contribution in [3.63, 3.8) is 0 Å². The second kappa shape index (κ2) is 7.59. The number of hydrogen-bond acceptors (Lipinski definition) is 5. The zero-order valence-corrected chi connectivity index (χ0v) is 12.5. The van der Waals surface area contributed by atoms with Crippen LogP contribution < -0.4 is 21.3 Å². The van der Waals surface area contributed by atoms with Crippen molar-refractivity contribution in [3.8, 4) is 5.75 Å². The van der Waals surface area contributed by atoms with Crippen molar-refractivity contribution < 1.29 is 24.2 Å². The van der Waals surface area contributed by atoms with E-state index in [4.69, 9.17) is 15.7 Å². The van der Waals surface area contributed by atoms with Crippen molar-refractivity contribution in [1.29, 1.82) is 0 Å². The van der Waals surface area contributed by atoms with Crippen LogP contribution in [0.5, 0.6) is 5.75 Å². The van der Waals surface area contributed by atoms with Crippen LogP contribution in [0.25, 0.3) is 0 Å². The zero-order chi connectivity index (χ0) is 16.8. The highest BCUT2D eigenvalue weighted by molar-refractivity contribution is 6.39. The van der Waals surface area contributed by atoms with Gasteiger partial charge in [0, 0.05) is 5.69 Å². The molecule has 2 rings (SSSR count). The smallest absolute Gasteiger partial charge is 0.323 e. The van der Waals surface area contributed by atoms with Crippen molar-refractivity contribution >= 4 is 23.5 Å². The summed E-state index contributed by atoms with van der Waals surface area (Å²) in [6.45, 7) is 0. The molecule has 8 nitrogen and oxygen atoms in total. The number of hydrogen-bond donors (Lipinski definition) is 4. The molecule has 0 heterocycles. The molecule has 0 aliphatic heterocycles. The molecule has 0 radical (unpaired) electrons. The molecule has 1 aliphatic carbocycles. The predicted octanol–water partition coefficient (Wildman–Crippen LogP) is 0.637. The number of aliphatic carboxylic acids is 1. The van der Waals surface area contributed by atoms with Crippen LogP contribution in [0.4, 0.5) is 5.69 Å². The summed E-state index contributed by atoms with van der Waals surface area (Å²) in [5, 5.41) is 11.4. The fraction of sp³-hybridized carbons (Fsp3) is 0.400. The first-order valence-electron chi connectivity index (χ1n) is 7.31. The molecule has 1 aromatic carbocycles. The maximum Gasteiger partial charge on any atom is 0.323 e. The Labute approximate surface area is 133 Å². The number of hydrazine groups is 1. The molecule has 8 heteroatoms. The number of benzene rings is 1. The van der Waals surface area contributed by atoms with E-state index in [2.05, 4.69) is 5.32 Å². The number of nitrogens with one attached hydrogen (secondary N) is 2. The molecular weight excluding hydrogens is 302 g/mol. The molecule has 23 heavy (non-hydrogen) atoms. The van der Waals surface area contributed by atoms with Gasteiger partial charge in [-0.2, -0.15) is 0 Å². The topological polar surface area (TPSA) is 131 Å². The van der Waals surface area contributed by atoms with Gasteiger partial charge < -0.3 is 15.2 Å². The van der Waals surface area contributed by atoms with E-state index in [1.165, 1.54) is 0 Å². The Balaban J connectivity index is 1.85. The van der Waals surface area contributed by atoms with Crippen molar-refractivity contribution in [2.45, 2.75) is 31.8 Å². The zero-order valence-electron chi connectivity index (χ0n) is 12.5. The van der Waals surface area contributed by atoms with Gasteiger partial charge in [-0.05, 0) is 49.9 Å². The maximum atomic E-state index is 11.3. The molecule has 1 aliphatic rings. The second-order valence-electron chi connectivity index (χ2n) is 5.38. The molecule has 2 amide bonds. The molecule has 0 bridgehead atoms. The van der Waals surface area contributed by atoms with E-state index in [1.54, 1.807) is 29.7 Å². The van der Waals surface area contributed by atoms with Gasteiger partial charge in [0.2, 0.25) is 0 Å². The molecule has 0 aromatic heterocycles. The fourth-order valence-corrected chi connectivity index (χ4v) is 2.49. The van der Waals surface area contributed by atoms with E-state index >= 15 is 0 Å². The highest BCUT2D eigenvalue weighted by atomic mass is 16.5. The van der Waals surface area contributed by atoms with Crippen LogP contribution in [-0.4, -0.2) is 29.0 Å². The summed E-state index contributed by atoms with van der Waals surface area (Å²) in [6.07, 6.45) is 2.62. The summed E-state index contributed by atoms with van der Waals surface area (Å²) < 4.78 is 5.81. The number of carboxylic acids is 1. The number of carboxylic acid groups (broad SMARTS) is 1. The van der Waals surface area contributed by atoms with Gasteiger partial charge in [-0.3, -0.25) is 19.8 Å². The predicted molar refractivity (Wildman–Crippen MR) is 81.4 cm³/mol. The molecule has 1 saturated carbocycles. The van der Waals surface area contributed by atoms with Crippen LogP contribution in [0, 0.1) is 5.92 Å². The molecule has 0 atom stereocenters. The van der Waals surface area contributed by atoms with Crippen molar-refractivity contribution in [2.24, 2.45) is 11.8 Å². The highest BCUT2D eigenvalue weighted by Gasteiger charge is 2.26. The molecule has 0 saturated heterocycles. The summed E-state index contributed by atoms with van der Waals surface area (Å²) in [7, 11) is 0. The van der Waals surface area contributed by atoms with Crippen molar-refractivity contribution in [3.05, 3.63) is 24.3 Å². The Morgan fingerprint density at radius 3 is 2.17 bits per heavy atom. The minimum Gasteiger partial charge on any atom is -0.490 e. The molecule has 124 valence electrons. The lowest BCUT2D eigenvalue weighted by Gasteiger charge is -2.26. The van der Waals surface area contributed by atoms with Gasteiger partial charge in [-0.1, -0.05) is 0 Å². The highest BCUT2D eigenvalue weighted by Crippen LogP contribution is 2.28. The van der Waals surface area contributed by atoms with Gasteiger partial charge in [-0.25, -0.2) is 5.84 Å². The van der Waals surface area contributed by atoms with Gasteiger partial charge >= 0.3 is 17.8 Å². The Morgan fingerprint density at radius 1 is 1.04 bits per heavy atom. The van der Waals surface area contributed by atoms with Crippen molar-refractivity contribution in [2.75, 3.05) is 5.32 Å². The van der Waals surface area contributed by atoms with Gasteiger partial charge in [0.25, 0.3) is 0 Å². The minimum atomic E-state index is -0.930. The number of anilines is 1. The Hall–Kier alpha value is -2.61. The Kier molecular flexibility index (Phi) is 5.53. The van der Waals surface area contributed by atoms with Crippen LogP contribution in [0.1, 0.15) is 25.7 Å². The molecular formula is C15H19N3O5. The summed E-state index contributed by atoms with van der Waals surface area (Å²) in [6, 6.07) is 6.58. The average molecular weight is 321 g/mol. The number of nitrogens with two attached hydrogens (primary N) is 1. The molecule has 1 aromatic rings. The third-order valence-electron chi connectivity index (χ3n) is 3.78. The maximum absolute atomic E-state index is 11.3. The first-order chi connectivity index (χ1) is 11.0. The molecule has 5 N–H and O–H groups in total. The first-order valence-corrected chi connectivity index (χ1v) is 7.31. The molecule has 0 spiro atoms. The van der Waals surface area contributed by atoms with E-state index in [1.807, 2.05) is 0 Å². The second-order valence-corrected chi connectivity index (χ2v) is 5.38. The molecule has 1 fully saturated rings. The molecule has 0 unspecified atom stereocenters. The van der Waals surface area contributed by atoms with E-state index in [0.717, 1.165) is 0 Å². The third-order valence-corrected chi connectivity index (χ3v) is 3.78. The first kappa shape index (κ1) is 16.8. The largest absolute Gasteiger partial charge is 0.490 e. The van der Waals surface area contributed by atoms with Crippen LogP contribution in [-0.2, 0) is 14.4 Å². The SMILES string of the molecule is NNC(=O)C(=O)Nc1ccc(O[C@H]2CC[C@@H](C(=O)O)CC2)cc1. The number of ether oxygens (including phenoxy) is 1. The number of carbonyl (C=O) groups is 3. The Bertz CT molecular complexity index is 579. The number of rotatable bonds is 4. The van der Waals surface area contributed by atoms with Gasteiger partial charge in [0.15, 0.2) is 0 Å². The summed E-state index contributed by atoms with van der Waals surface area (Å²) in [5.41, 5.74) is 2.19. The van der Waals surface area contributed by atoms with Crippen LogP contribution in [0.2, 0.25) is 0 Å². The summed E-state index contributed by atoms with van der Waals surface area (Å²) >= 11 is 0. The van der Waals surface area contributed by atoms with Crippen molar-refractivity contribution in [1.82, 2.24) is 5.43 Å². The lowest BCUT2D eigenvalue weighted by molar-refractivity contribution is -0.143. The number of carbonyl (C=O) groups excluding carboxylic acids is 2. The Morgan fingerprint density at radius 2 is 1.65 bits per heavy atom. The fourth-order valence-electron chi connectivity index (χ4n) is 2.49. The summed E-state index contributed by atoms with van der Waals surface area (Å²) in [5.74, 6) is 2.69. The van der Waals surface area contributed by atoms with Crippen LogP contribution in [0.15, 0.2) is 24.3 Å².